The van der Waals surface area contributed by atoms with Gasteiger partial charge in [-0.15, -0.1) is 11.3 Å². The van der Waals surface area contributed by atoms with Gasteiger partial charge < -0.3 is 5.32 Å². The maximum atomic E-state index is 4.69. The highest BCUT2D eigenvalue weighted by molar-refractivity contribution is 7.18. The number of nitrogens with one attached hydrogen (secondary N) is 1. The van der Waals surface area contributed by atoms with E-state index in [2.05, 4.69) is 40.2 Å². The Hall–Kier alpha value is -2.01. The van der Waals surface area contributed by atoms with Gasteiger partial charge in [0.15, 0.2) is 5.82 Å². The average molecular weight is 298 g/mol. The standard InChI is InChI=1S/C16H18N4S/c1-4-8-17-14-12-9-11(3)21-16(12)20-15(19-14)13-7-5-6-10(2)18-13/h5-7,9H,4,8H2,1-3H3,(H,17,19,20). The van der Waals surface area contributed by atoms with Crippen molar-refractivity contribution in [3.05, 3.63) is 34.8 Å². The van der Waals surface area contributed by atoms with Crippen LogP contribution in [0.2, 0.25) is 0 Å². The van der Waals surface area contributed by atoms with Crippen LogP contribution in [0.15, 0.2) is 24.3 Å². The molecule has 0 saturated heterocycles. The highest BCUT2D eigenvalue weighted by atomic mass is 32.1. The number of hydrogen-bond acceptors (Lipinski definition) is 5. The minimum Gasteiger partial charge on any atom is -0.369 e. The number of anilines is 1. The number of nitrogens with zero attached hydrogens (tertiary/aromatic N) is 3. The Labute approximate surface area is 128 Å². The minimum atomic E-state index is 0.687. The van der Waals surface area contributed by atoms with Gasteiger partial charge >= 0.3 is 0 Å². The predicted octanol–water partition coefficient (Wildman–Crippen LogP) is 4.19. The van der Waals surface area contributed by atoms with Crippen LogP contribution in [0, 0.1) is 13.8 Å². The normalized spacial score (nSPS) is 11.0. The van der Waals surface area contributed by atoms with Gasteiger partial charge in [-0.1, -0.05) is 13.0 Å². The Morgan fingerprint density at radius 1 is 1.14 bits per heavy atom. The van der Waals surface area contributed by atoms with Crippen molar-refractivity contribution in [3.63, 3.8) is 0 Å². The van der Waals surface area contributed by atoms with Crippen molar-refractivity contribution < 1.29 is 0 Å². The van der Waals surface area contributed by atoms with Gasteiger partial charge in [0.25, 0.3) is 0 Å². The second kappa shape index (κ2) is 5.77. The fraction of sp³-hybridized carbons (Fsp3) is 0.312. The largest absolute Gasteiger partial charge is 0.369 e. The number of hydrogen-bond donors (Lipinski definition) is 1. The summed E-state index contributed by atoms with van der Waals surface area (Å²) < 4.78 is 0. The van der Waals surface area contributed by atoms with Gasteiger partial charge in [-0.05, 0) is 38.5 Å². The molecule has 0 aromatic carbocycles. The summed E-state index contributed by atoms with van der Waals surface area (Å²) in [5.41, 5.74) is 1.80. The fourth-order valence-electron chi connectivity index (χ4n) is 2.20. The molecule has 3 aromatic rings. The molecule has 0 spiro atoms. The van der Waals surface area contributed by atoms with Crippen LogP contribution in [-0.2, 0) is 0 Å². The van der Waals surface area contributed by atoms with Crippen LogP contribution in [0.1, 0.15) is 23.9 Å². The Balaban J connectivity index is 2.15. The molecule has 4 nitrogen and oxygen atoms in total. The highest BCUT2D eigenvalue weighted by Gasteiger charge is 2.12. The minimum absolute atomic E-state index is 0.687. The summed E-state index contributed by atoms with van der Waals surface area (Å²) in [5.74, 6) is 1.59. The Kier molecular flexibility index (Phi) is 3.84. The molecule has 21 heavy (non-hydrogen) atoms. The number of pyridine rings is 1. The third-order valence-electron chi connectivity index (χ3n) is 3.18. The van der Waals surface area contributed by atoms with E-state index in [0.717, 1.165) is 40.4 Å². The molecule has 0 unspecified atom stereocenters. The molecule has 0 radical (unpaired) electrons. The molecular weight excluding hydrogens is 280 g/mol. The summed E-state index contributed by atoms with van der Waals surface area (Å²) in [6.07, 6.45) is 1.06. The summed E-state index contributed by atoms with van der Waals surface area (Å²) in [5, 5.41) is 4.50. The molecule has 0 aliphatic rings. The van der Waals surface area contributed by atoms with Gasteiger partial charge in [-0.2, -0.15) is 0 Å². The first kappa shape index (κ1) is 13.9. The van der Waals surface area contributed by atoms with E-state index in [0.29, 0.717) is 5.82 Å². The van der Waals surface area contributed by atoms with Crippen LogP contribution < -0.4 is 5.32 Å². The average Bonchev–Trinajstić information content (AvgIpc) is 2.85. The van der Waals surface area contributed by atoms with Crippen LogP contribution in [0.25, 0.3) is 21.7 Å². The van der Waals surface area contributed by atoms with E-state index in [4.69, 9.17) is 0 Å². The molecule has 3 rings (SSSR count). The summed E-state index contributed by atoms with van der Waals surface area (Å²) in [6, 6.07) is 8.07. The van der Waals surface area contributed by atoms with Crippen molar-refractivity contribution in [1.82, 2.24) is 15.0 Å². The lowest BCUT2D eigenvalue weighted by atomic mass is 10.3. The lowest BCUT2D eigenvalue weighted by Crippen LogP contribution is -2.04. The quantitative estimate of drug-likeness (QED) is 0.784. The van der Waals surface area contributed by atoms with Crippen molar-refractivity contribution in [3.8, 4) is 11.5 Å². The summed E-state index contributed by atoms with van der Waals surface area (Å²) in [6.45, 7) is 7.13. The Morgan fingerprint density at radius 2 is 2.00 bits per heavy atom. The van der Waals surface area contributed by atoms with E-state index >= 15 is 0 Å². The maximum Gasteiger partial charge on any atom is 0.181 e. The highest BCUT2D eigenvalue weighted by Crippen LogP contribution is 2.30. The predicted molar refractivity (Wildman–Crippen MR) is 88.9 cm³/mol. The van der Waals surface area contributed by atoms with E-state index < -0.39 is 0 Å². The van der Waals surface area contributed by atoms with Crippen molar-refractivity contribution in [2.24, 2.45) is 0 Å². The van der Waals surface area contributed by atoms with Crippen LogP contribution >= 0.6 is 11.3 Å². The van der Waals surface area contributed by atoms with Gasteiger partial charge in [0.1, 0.15) is 16.3 Å². The van der Waals surface area contributed by atoms with E-state index in [-0.39, 0.29) is 0 Å². The lowest BCUT2D eigenvalue weighted by Gasteiger charge is -2.08. The zero-order valence-electron chi connectivity index (χ0n) is 12.5. The molecule has 0 saturated carbocycles. The number of aryl methyl sites for hydroxylation is 2. The van der Waals surface area contributed by atoms with Crippen LogP contribution in [0.3, 0.4) is 0 Å². The Bertz CT molecular complexity index is 779. The smallest absolute Gasteiger partial charge is 0.181 e. The van der Waals surface area contributed by atoms with Crippen LogP contribution in [-0.4, -0.2) is 21.5 Å². The molecule has 3 heterocycles. The molecule has 5 heteroatoms. The second-order valence-corrected chi connectivity index (χ2v) is 6.30. The molecule has 0 atom stereocenters. The molecule has 0 fully saturated rings. The van der Waals surface area contributed by atoms with Crippen molar-refractivity contribution >= 4 is 27.4 Å². The molecule has 108 valence electrons. The van der Waals surface area contributed by atoms with Gasteiger partial charge in [0, 0.05) is 17.1 Å². The topological polar surface area (TPSA) is 50.7 Å². The molecule has 0 aliphatic carbocycles. The second-order valence-electron chi connectivity index (χ2n) is 5.06. The zero-order valence-corrected chi connectivity index (χ0v) is 13.3. The fourth-order valence-corrected chi connectivity index (χ4v) is 3.08. The van der Waals surface area contributed by atoms with Crippen LogP contribution in [0.4, 0.5) is 5.82 Å². The molecule has 0 bridgehead atoms. The van der Waals surface area contributed by atoms with Crippen molar-refractivity contribution in [2.45, 2.75) is 27.2 Å². The molecule has 0 aliphatic heterocycles. The summed E-state index contributed by atoms with van der Waals surface area (Å²) in [4.78, 5) is 16.2. The van der Waals surface area contributed by atoms with E-state index in [1.54, 1.807) is 11.3 Å². The molecular formula is C16H18N4S. The van der Waals surface area contributed by atoms with E-state index in [1.165, 1.54) is 4.88 Å². The zero-order chi connectivity index (χ0) is 14.8. The number of aromatic nitrogens is 3. The summed E-state index contributed by atoms with van der Waals surface area (Å²) in [7, 11) is 0. The number of fused-ring (bicyclic) bond motifs is 1. The molecule has 1 N–H and O–H groups in total. The van der Waals surface area contributed by atoms with Gasteiger partial charge in [-0.25, -0.2) is 15.0 Å². The van der Waals surface area contributed by atoms with Gasteiger partial charge in [0.05, 0.1) is 5.39 Å². The first-order valence-electron chi connectivity index (χ1n) is 7.13. The van der Waals surface area contributed by atoms with Crippen molar-refractivity contribution in [2.75, 3.05) is 11.9 Å². The summed E-state index contributed by atoms with van der Waals surface area (Å²) >= 11 is 1.69. The van der Waals surface area contributed by atoms with Crippen molar-refractivity contribution in [1.29, 1.82) is 0 Å². The monoisotopic (exact) mass is 298 g/mol. The van der Waals surface area contributed by atoms with Gasteiger partial charge in [0.2, 0.25) is 0 Å². The van der Waals surface area contributed by atoms with E-state index in [9.17, 15) is 0 Å². The number of rotatable bonds is 4. The third kappa shape index (κ3) is 2.88. The first-order chi connectivity index (χ1) is 10.2. The van der Waals surface area contributed by atoms with Crippen LogP contribution in [0.5, 0.6) is 0 Å². The molecule has 3 aromatic heterocycles. The maximum absolute atomic E-state index is 4.69. The lowest BCUT2D eigenvalue weighted by molar-refractivity contribution is 0.970. The Morgan fingerprint density at radius 3 is 2.76 bits per heavy atom. The number of thiophene rings is 1. The SMILES string of the molecule is CCCNc1nc(-c2cccc(C)n2)nc2sc(C)cc12. The van der Waals surface area contributed by atoms with Gasteiger partial charge in [-0.3, -0.25) is 0 Å². The van der Waals surface area contributed by atoms with E-state index in [1.807, 2.05) is 25.1 Å². The molecule has 0 amide bonds. The third-order valence-corrected chi connectivity index (χ3v) is 4.12. The first-order valence-corrected chi connectivity index (χ1v) is 7.95.